The van der Waals surface area contributed by atoms with Crippen molar-refractivity contribution in [2.24, 2.45) is 0 Å². The van der Waals surface area contributed by atoms with E-state index in [0.717, 1.165) is 24.8 Å². The molecule has 1 aromatic carbocycles. The lowest BCUT2D eigenvalue weighted by Crippen LogP contribution is -2.35. The lowest BCUT2D eigenvalue weighted by Gasteiger charge is -2.24. The third kappa shape index (κ3) is 4.62. The van der Waals surface area contributed by atoms with E-state index < -0.39 is 10.0 Å². The van der Waals surface area contributed by atoms with Gasteiger partial charge in [0.1, 0.15) is 0 Å². The predicted octanol–water partition coefficient (Wildman–Crippen LogP) is 3.13. The maximum Gasteiger partial charge on any atom is 0.289 e. The second kappa shape index (κ2) is 9.53. The Hall–Kier alpha value is -2.52. The minimum absolute atomic E-state index is 0.00733. The Morgan fingerprint density at radius 3 is 2.40 bits per heavy atom. The summed E-state index contributed by atoms with van der Waals surface area (Å²) >= 11 is 0. The zero-order valence-electron chi connectivity index (χ0n) is 17.6. The molecular weight excluding hydrogens is 408 g/mol. The van der Waals surface area contributed by atoms with Gasteiger partial charge < -0.3 is 18.8 Å². The van der Waals surface area contributed by atoms with Crippen LogP contribution in [0.25, 0.3) is 0 Å². The third-order valence-corrected chi connectivity index (χ3v) is 6.96. The first-order chi connectivity index (χ1) is 14.4. The van der Waals surface area contributed by atoms with Gasteiger partial charge in [-0.05, 0) is 49.6 Å². The monoisotopic (exact) mass is 436 g/mol. The molecule has 0 atom stereocenters. The molecule has 3 rings (SSSR count). The summed E-state index contributed by atoms with van der Waals surface area (Å²) in [6.07, 6.45) is 2.69. The number of ether oxygens (including phenoxy) is 2. The minimum atomic E-state index is -3.72. The van der Waals surface area contributed by atoms with Crippen LogP contribution in [0.2, 0.25) is 0 Å². The Labute approximate surface area is 177 Å². The molecule has 1 amide bonds. The van der Waals surface area contributed by atoms with Crippen LogP contribution >= 0.6 is 0 Å². The highest BCUT2D eigenvalue weighted by Gasteiger charge is 2.30. The Bertz CT molecular complexity index is 979. The number of amides is 1. The molecule has 0 unspecified atom stereocenters. The number of carbonyl (C=O) groups excluding carboxylic acids is 1. The number of carbonyl (C=O) groups is 1. The summed E-state index contributed by atoms with van der Waals surface area (Å²) in [4.78, 5) is 14.5. The fourth-order valence-corrected chi connectivity index (χ4v) is 4.92. The van der Waals surface area contributed by atoms with Crippen molar-refractivity contribution in [3.8, 4) is 11.5 Å². The van der Waals surface area contributed by atoms with E-state index in [9.17, 15) is 13.2 Å². The zero-order chi connectivity index (χ0) is 21.7. The summed E-state index contributed by atoms with van der Waals surface area (Å²) in [6, 6.07) is 8.23. The Balaban J connectivity index is 1.76. The molecule has 8 nitrogen and oxygen atoms in total. The molecule has 30 heavy (non-hydrogen) atoms. The van der Waals surface area contributed by atoms with Crippen molar-refractivity contribution in [2.45, 2.75) is 37.8 Å². The Kier molecular flexibility index (Phi) is 7.04. The minimum Gasteiger partial charge on any atom is -0.493 e. The molecule has 0 spiro atoms. The highest BCUT2D eigenvalue weighted by Crippen LogP contribution is 2.28. The number of hydrogen-bond donors (Lipinski definition) is 0. The number of furan rings is 1. The van der Waals surface area contributed by atoms with Crippen LogP contribution in [0, 0.1) is 0 Å². The number of benzene rings is 1. The molecule has 2 heterocycles. The van der Waals surface area contributed by atoms with Crippen molar-refractivity contribution in [3.05, 3.63) is 41.7 Å². The quantitative estimate of drug-likeness (QED) is 0.632. The van der Waals surface area contributed by atoms with E-state index >= 15 is 0 Å². The molecule has 0 radical (unpaired) electrons. The lowest BCUT2D eigenvalue weighted by atomic mass is 10.2. The fourth-order valence-electron chi connectivity index (χ4n) is 3.49. The molecule has 1 aliphatic heterocycles. The van der Waals surface area contributed by atoms with Gasteiger partial charge in [-0.2, -0.15) is 4.31 Å². The molecule has 0 aliphatic carbocycles. The molecule has 0 N–H and O–H groups in total. The first-order valence-electron chi connectivity index (χ1n) is 10.0. The van der Waals surface area contributed by atoms with Crippen molar-refractivity contribution in [1.82, 2.24) is 9.21 Å². The molecule has 1 aromatic heterocycles. The summed E-state index contributed by atoms with van der Waals surface area (Å²) in [5.41, 5.74) is 0.857. The molecule has 0 bridgehead atoms. The summed E-state index contributed by atoms with van der Waals surface area (Å²) in [5.74, 6) is 0.820. The molecule has 0 saturated carbocycles. The van der Waals surface area contributed by atoms with Crippen molar-refractivity contribution >= 4 is 15.9 Å². The molecule has 9 heteroatoms. The van der Waals surface area contributed by atoms with Gasteiger partial charge in [0.25, 0.3) is 15.9 Å². The second-order valence-corrected chi connectivity index (χ2v) is 8.96. The van der Waals surface area contributed by atoms with Gasteiger partial charge in [-0.3, -0.25) is 4.79 Å². The lowest BCUT2D eigenvalue weighted by molar-refractivity contribution is 0.0714. The largest absolute Gasteiger partial charge is 0.493 e. The van der Waals surface area contributed by atoms with E-state index in [-0.39, 0.29) is 16.8 Å². The van der Waals surface area contributed by atoms with E-state index in [1.165, 1.54) is 16.4 Å². The third-order valence-electron chi connectivity index (χ3n) is 5.19. The van der Waals surface area contributed by atoms with Crippen LogP contribution in [-0.4, -0.2) is 57.4 Å². The van der Waals surface area contributed by atoms with Gasteiger partial charge in [-0.15, -0.1) is 0 Å². The van der Waals surface area contributed by atoms with Crippen molar-refractivity contribution < 1.29 is 27.1 Å². The number of methoxy groups -OCH3 is 2. The smallest absolute Gasteiger partial charge is 0.289 e. The molecule has 164 valence electrons. The average Bonchev–Trinajstić information content (AvgIpc) is 3.28. The van der Waals surface area contributed by atoms with Crippen LogP contribution < -0.4 is 9.47 Å². The van der Waals surface area contributed by atoms with Gasteiger partial charge >= 0.3 is 0 Å². The van der Waals surface area contributed by atoms with Gasteiger partial charge in [0.05, 0.1) is 14.2 Å². The number of hydrogen-bond acceptors (Lipinski definition) is 6. The van der Waals surface area contributed by atoms with Gasteiger partial charge in [-0.1, -0.05) is 12.5 Å². The van der Waals surface area contributed by atoms with Gasteiger partial charge in [0.15, 0.2) is 17.3 Å². The van der Waals surface area contributed by atoms with Crippen molar-refractivity contribution in [1.29, 1.82) is 0 Å². The molecule has 1 aliphatic rings. The number of sulfonamides is 1. The van der Waals surface area contributed by atoms with E-state index in [1.54, 1.807) is 25.2 Å². The maximum atomic E-state index is 12.9. The van der Waals surface area contributed by atoms with Crippen LogP contribution in [0.4, 0.5) is 0 Å². The number of piperidine rings is 1. The molecule has 2 aromatic rings. The highest BCUT2D eigenvalue weighted by atomic mass is 32.2. The van der Waals surface area contributed by atoms with Crippen molar-refractivity contribution in [2.75, 3.05) is 33.9 Å². The first-order valence-corrected chi connectivity index (χ1v) is 11.4. The fraction of sp³-hybridized carbons (Fsp3) is 0.476. The summed E-state index contributed by atoms with van der Waals surface area (Å²) in [6.45, 7) is 3.57. The topological polar surface area (TPSA) is 89.3 Å². The Morgan fingerprint density at radius 2 is 1.77 bits per heavy atom. The van der Waals surface area contributed by atoms with Gasteiger partial charge in [0.2, 0.25) is 5.09 Å². The van der Waals surface area contributed by atoms with E-state index in [2.05, 4.69) is 0 Å². The van der Waals surface area contributed by atoms with E-state index in [0.29, 0.717) is 37.7 Å². The van der Waals surface area contributed by atoms with Crippen LogP contribution in [0.3, 0.4) is 0 Å². The standard InChI is InChI=1S/C21H28N2O6S/c1-4-22(15-16-8-9-17(27-2)19(14-16)28-3)21(24)18-10-11-20(29-18)30(25,26)23-12-6-5-7-13-23/h8-11,14H,4-7,12-13,15H2,1-3H3. The Morgan fingerprint density at radius 1 is 1.07 bits per heavy atom. The van der Waals surface area contributed by atoms with Crippen LogP contribution in [-0.2, 0) is 16.6 Å². The normalized spacial score (nSPS) is 15.0. The summed E-state index contributed by atoms with van der Waals surface area (Å²) in [5, 5.41) is -0.185. The maximum absolute atomic E-state index is 12.9. The SMILES string of the molecule is CCN(Cc1ccc(OC)c(OC)c1)C(=O)c1ccc(S(=O)(=O)N2CCCCC2)o1. The number of rotatable bonds is 8. The van der Waals surface area contributed by atoms with Crippen molar-refractivity contribution in [3.63, 3.8) is 0 Å². The zero-order valence-corrected chi connectivity index (χ0v) is 18.4. The predicted molar refractivity (Wildman–Crippen MR) is 111 cm³/mol. The average molecular weight is 437 g/mol. The molecule has 1 saturated heterocycles. The van der Waals surface area contributed by atoms with E-state index in [1.807, 2.05) is 19.1 Å². The van der Waals surface area contributed by atoms with Gasteiger partial charge in [-0.25, -0.2) is 8.42 Å². The summed E-state index contributed by atoms with van der Waals surface area (Å²) in [7, 11) is -0.603. The second-order valence-electron chi connectivity index (χ2n) is 7.09. The highest BCUT2D eigenvalue weighted by molar-refractivity contribution is 7.89. The molecule has 1 fully saturated rings. The summed E-state index contributed by atoms with van der Waals surface area (Å²) < 4.78 is 43.0. The first kappa shape index (κ1) is 22.2. The molecular formula is C21H28N2O6S. The van der Waals surface area contributed by atoms with Crippen LogP contribution in [0.15, 0.2) is 39.8 Å². The van der Waals surface area contributed by atoms with Crippen LogP contribution in [0.1, 0.15) is 42.3 Å². The number of nitrogens with zero attached hydrogens (tertiary/aromatic N) is 2. The van der Waals surface area contributed by atoms with Gasteiger partial charge in [0, 0.05) is 26.2 Å². The van der Waals surface area contributed by atoms with E-state index in [4.69, 9.17) is 13.9 Å². The van der Waals surface area contributed by atoms with Crippen LogP contribution in [0.5, 0.6) is 11.5 Å².